The van der Waals surface area contributed by atoms with Gasteiger partial charge < -0.3 is 10.4 Å². The molecule has 0 aliphatic heterocycles. The van der Waals surface area contributed by atoms with Crippen molar-refractivity contribution in [2.75, 3.05) is 0 Å². The van der Waals surface area contributed by atoms with Crippen molar-refractivity contribution in [3.8, 4) is 0 Å². The van der Waals surface area contributed by atoms with E-state index in [1.807, 2.05) is 0 Å². The van der Waals surface area contributed by atoms with Gasteiger partial charge in [0.05, 0.1) is 5.56 Å². The van der Waals surface area contributed by atoms with E-state index in [0.717, 1.165) is 12.3 Å². The Morgan fingerprint density at radius 3 is 2.33 bits per heavy atom. The summed E-state index contributed by atoms with van der Waals surface area (Å²) < 4.78 is 37.1. The number of halogens is 3. The van der Waals surface area contributed by atoms with Crippen LogP contribution >= 0.6 is 0 Å². The van der Waals surface area contributed by atoms with E-state index < -0.39 is 29.3 Å². The lowest BCUT2D eigenvalue weighted by atomic mass is 9.96. The molecular formula is C13H15F3N2O3. The largest absolute Gasteiger partial charge is 0.480 e. The fourth-order valence-corrected chi connectivity index (χ4v) is 1.74. The number of hydrogen-bond acceptors (Lipinski definition) is 3. The van der Waals surface area contributed by atoms with Crippen LogP contribution in [0.25, 0.3) is 0 Å². The average molecular weight is 304 g/mol. The number of carboxylic acids is 1. The van der Waals surface area contributed by atoms with Crippen molar-refractivity contribution < 1.29 is 27.9 Å². The zero-order valence-electron chi connectivity index (χ0n) is 11.5. The van der Waals surface area contributed by atoms with Gasteiger partial charge in [-0.25, -0.2) is 4.79 Å². The number of aromatic nitrogens is 1. The summed E-state index contributed by atoms with van der Waals surface area (Å²) in [6.07, 6.45) is -3.10. The van der Waals surface area contributed by atoms with Crippen molar-refractivity contribution in [2.45, 2.75) is 38.4 Å². The van der Waals surface area contributed by atoms with E-state index in [2.05, 4.69) is 10.3 Å². The van der Waals surface area contributed by atoms with Crippen LogP contribution in [0.3, 0.4) is 0 Å². The molecule has 0 aromatic carbocycles. The maximum atomic E-state index is 12.4. The first-order valence-electron chi connectivity index (χ1n) is 6.19. The summed E-state index contributed by atoms with van der Waals surface area (Å²) in [5.74, 6) is -1.99. The molecule has 0 aliphatic carbocycles. The first-order chi connectivity index (χ1) is 9.60. The van der Waals surface area contributed by atoms with Crippen LogP contribution in [0.5, 0.6) is 0 Å². The van der Waals surface area contributed by atoms with Gasteiger partial charge in [0.1, 0.15) is 11.2 Å². The normalized spacial score (nSPS) is 14.3. The molecule has 116 valence electrons. The lowest BCUT2D eigenvalue weighted by Crippen LogP contribution is -2.52. The topological polar surface area (TPSA) is 79.3 Å². The first kappa shape index (κ1) is 16.9. The van der Waals surface area contributed by atoms with E-state index >= 15 is 0 Å². The molecule has 0 saturated heterocycles. The van der Waals surface area contributed by atoms with Crippen molar-refractivity contribution in [1.82, 2.24) is 10.3 Å². The van der Waals surface area contributed by atoms with Gasteiger partial charge in [-0.2, -0.15) is 13.2 Å². The Hall–Kier alpha value is -2.12. The second-order valence-corrected chi connectivity index (χ2v) is 4.77. The predicted molar refractivity (Wildman–Crippen MR) is 67.7 cm³/mol. The predicted octanol–water partition coefficient (Wildman–Crippen LogP) is 2.47. The quantitative estimate of drug-likeness (QED) is 0.876. The molecule has 0 aliphatic rings. The summed E-state index contributed by atoms with van der Waals surface area (Å²) in [4.78, 5) is 26.2. The van der Waals surface area contributed by atoms with Gasteiger partial charge >= 0.3 is 12.1 Å². The highest BCUT2D eigenvalue weighted by atomic mass is 19.4. The molecular weight excluding hydrogens is 289 g/mol. The Morgan fingerprint density at radius 1 is 1.33 bits per heavy atom. The van der Waals surface area contributed by atoms with E-state index in [1.165, 1.54) is 6.92 Å². The summed E-state index contributed by atoms with van der Waals surface area (Å²) in [6.45, 7) is 3.10. The molecule has 0 bridgehead atoms. The summed E-state index contributed by atoms with van der Waals surface area (Å²) in [7, 11) is 0. The van der Waals surface area contributed by atoms with Crippen molar-refractivity contribution >= 4 is 11.9 Å². The molecule has 21 heavy (non-hydrogen) atoms. The van der Waals surface area contributed by atoms with Crippen LogP contribution in [-0.2, 0) is 11.0 Å². The molecule has 1 aromatic heterocycles. The number of carboxylic acid groups (broad SMARTS) is 1. The van der Waals surface area contributed by atoms with Gasteiger partial charge in [0, 0.05) is 6.20 Å². The Labute approximate surface area is 119 Å². The van der Waals surface area contributed by atoms with Crippen LogP contribution in [-0.4, -0.2) is 27.5 Å². The fraction of sp³-hybridized carbons (Fsp3) is 0.462. The zero-order chi connectivity index (χ0) is 16.3. The third kappa shape index (κ3) is 4.17. The molecule has 1 aromatic rings. The highest BCUT2D eigenvalue weighted by Gasteiger charge is 2.35. The second kappa shape index (κ2) is 6.11. The zero-order valence-corrected chi connectivity index (χ0v) is 11.5. The molecule has 1 heterocycles. The minimum Gasteiger partial charge on any atom is -0.480 e. The number of rotatable bonds is 5. The standard InChI is InChI=1S/C13H15F3N2O3/c1-3-6-12(2,11(20)21)18-10(19)8-4-5-9(17-7-8)13(14,15)16/h4-5,7H,3,6H2,1-2H3,(H,18,19)(H,20,21). The number of amides is 1. The maximum absolute atomic E-state index is 12.4. The molecule has 5 nitrogen and oxygen atoms in total. The van der Waals surface area contributed by atoms with E-state index in [-0.39, 0.29) is 12.0 Å². The van der Waals surface area contributed by atoms with Crippen molar-refractivity contribution in [1.29, 1.82) is 0 Å². The molecule has 0 spiro atoms. The summed E-state index contributed by atoms with van der Waals surface area (Å²) >= 11 is 0. The van der Waals surface area contributed by atoms with E-state index in [4.69, 9.17) is 5.11 Å². The highest BCUT2D eigenvalue weighted by Crippen LogP contribution is 2.27. The van der Waals surface area contributed by atoms with Crippen molar-refractivity contribution in [3.63, 3.8) is 0 Å². The number of pyridine rings is 1. The van der Waals surface area contributed by atoms with Gasteiger partial charge in [-0.1, -0.05) is 13.3 Å². The van der Waals surface area contributed by atoms with Crippen LogP contribution < -0.4 is 5.32 Å². The van der Waals surface area contributed by atoms with Gasteiger partial charge in [-0.05, 0) is 25.5 Å². The molecule has 1 unspecified atom stereocenters. The first-order valence-corrected chi connectivity index (χ1v) is 6.19. The minimum atomic E-state index is -4.59. The molecule has 0 radical (unpaired) electrons. The van der Waals surface area contributed by atoms with Gasteiger partial charge in [-0.15, -0.1) is 0 Å². The van der Waals surface area contributed by atoms with Crippen LogP contribution in [0.2, 0.25) is 0 Å². The molecule has 2 N–H and O–H groups in total. The van der Waals surface area contributed by atoms with Crippen molar-refractivity contribution in [2.24, 2.45) is 0 Å². The van der Waals surface area contributed by atoms with Crippen LogP contribution in [0, 0.1) is 0 Å². The van der Waals surface area contributed by atoms with Gasteiger partial charge in [0.25, 0.3) is 5.91 Å². The smallest absolute Gasteiger partial charge is 0.433 e. The molecule has 1 atom stereocenters. The average Bonchev–Trinajstić information content (AvgIpc) is 2.37. The number of hydrogen-bond donors (Lipinski definition) is 2. The Morgan fingerprint density at radius 2 is 1.95 bits per heavy atom. The second-order valence-electron chi connectivity index (χ2n) is 4.77. The van der Waals surface area contributed by atoms with E-state index in [9.17, 15) is 22.8 Å². The Balaban J connectivity index is 2.91. The molecule has 8 heteroatoms. The Kier molecular flexibility index (Phi) is 4.93. The maximum Gasteiger partial charge on any atom is 0.433 e. The lowest BCUT2D eigenvalue weighted by molar-refractivity contribution is -0.144. The summed E-state index contributed by atoms with van der Waals surface area (Å²) in [6, 6.07) is 1.63. The number of alkyl halides is 3. The van der Waals surface area contributed by atoms with Gasteiger partial charge in [0.15, 0.2) is 0 Å². The molecule has 1 amide bonds. The third-order valence-electron chi connectivity index (χ3n) is 2.93. The van der Waals surface area contributed by atoms with Gasteiger partial charge in [0.2, 0.25) is 0 Å². The van der Waals surface area contributed by atoms with Crippen LogP contribution in [0.1, 0.15) is 42.7 Å². The fourth-order valence-electron chi connectivity index (χ4n) is 1.74. The van der Waals surface area contributed by atoms with Crippen LogP contribution in [0.15, 0.2) is 18.3 Å². The monoisotopic (exact) mass is 304 g/mol. The molecule has 0 fully saturated rings. The summed E-state index contributed by atoms with van der Waals surface area (Å²) in [5, 5.41) is 11.4. The van der Waals surface area contributed by atoms with E-state index in [0.29, 0.717) is 12.5 Å². The number of carbonyl (C=O) groups is 2. The number of aliphatic carboxylic acids is 1. The minimum absolute atomic E-state index is 0.133. The number of nitrogens with one attached hydrogen (secondary N) is 1. The van der Waals surface area contributed by atoms with Crippen LogP contribution in [0.4, 0.5) is 13.2 Å². The lowest BCUT2D eigenvalue weighted by Gasteiger charge is -2.25. The molecule has 1 rings (SSSR count). The SMILES string of the molecule is CCCC(C)(NC(=O)c1ccc(C(F)(F)F)nc1)C(=O)O. The van der Waals surface area contributed by atoms with E-state index in [1.54, 1.807) is 6.92 Å². The third-order valence-corrected chi connectivity index (χ3v) is 2.93. The highest BCUT2D eigenvalue weighted by molar-refractivity contribution is 5.97. The molecule has 0 saturated carbocycles. The summed E-state index contributed by atoms with van der Waals surface area (Å²) in [5.41, 5.74) is -2.73. The van der Waals surface area contributed by atoms with Gasteiger partial charge in [-0.3, -0.25) is 9.78 Å². The number of nitrogens with zero attached hydrogens (tertiary/aromatic N) is 1. The Bertz CT molecular complexity index is 528. The van der Waals surface area contributed by atoms with Crippen molar-refractivity contribution in [3.05, 3.63) is 29.6 Å². The number of carbonyl (C=O) groups excluding carboxylic acids is 1.